The highest BCUT2D eigenvalue weighted by molar-refractivity contribution is 5.83. The predicted octanol–water partition coefficient (Wildman–Crippen LogP) is 3.29. The van der Waals surface area contributed by atoms with Crippen LogP contribution >= 0.6 is 0 Å². The molecule has 9 heteroatoms. The van der Waals surface area contributed by atoms with Crippen LogP contribution in [0.4, 0.5) is 0 Å². The van der Waals surface area contributed by atoms with E-state index in [1.54, 1.807) is 0 Å². The van der Waals surface area contributed by atoms with Crippen LogP contribution in [0.3, 0.4) is 0 Å². The van der Waals surface area contributed by atoms with Gasteiger partial charge in [-0.15, -0.1) is 0 Å². The minimum atomic E-state index is -5.27. The zero-order valence-corrected chi connectivity index (χ0v) is 19.4. The van der Waals surface area contributed by atoms with E-state index in [2.05, 4.69) is 14.6 Å². The summed E-state index contributed by atoms with van der Waals surface area (Å²) in [5.41, 5.74) is -10.2. The Kier molecular flexibility index (Phi) is 2.91. The van der Waals surface area contributed by atoms with Crippen molar-refractivity contribution in [1.29, 1.82) is 1.43 Å². The first kappa shape index (κ1) is 6.81. The third-order valence-corrected chi connectivity index (χ3v) is 4.10. The van der Waals surface area contributed by atoms with Crippen LogP contribution in [0.2, 0.25) is 7.06 Å². The van der Waals surface area contributed by atoms with Gasteiger partial charge in [0, 0.05) is 72.7 Å². The van der Waals surface area contributed by atoms with Crippen molar-refractivity contribution in [3.05, 3.63) is 23.7 Å². The van der Waals surface area contributed by atoms with Crippen molar-refractivity contribution >= 4 is 11.8 Å². The Hall–Kier alpha value is -2.36. The van der Waals surface area contributed by atoms with E-state index in [1.165, 1.54) is 0 Å². The second-order valence-corrected chi connectivity index (χ2v) is 6.91. The van der Waals surface area contributed by atoms with E-state index in [9.17, 15) is 17.8 Å². The number of hydrogen-bond acceptors (Lipinski definition) is 7. The van der Waals surface area contributed by atoms with E-state index in [-0.39, 0.29) is 0 Å². The molecule has 9 nitrogen and oxygen atoms in total. The molecule has 0 aliphatic carbocycles. The van der Waals surface area contributed by atoms with Gasteiger partial charge in [0.2, 0.25) is 13.2 Å². The van der Waals surface area contributed by atoms with Crippen molar-refractivity contribution in [3.8, 4) is 11.5 Å². The third-order valence-electron chi connectivity index (χ3n) is 4.10. The van der Waals surface area contributed by atoms with Gasteiger partial charge in [-0.05, 0) is 68.3 Å². The van der Waals surface area contributed by atoms with Gasteiger partial charge in [0.25, 0.3) is 0 Å². The largest absolute Gasteiger partial charge is 0.493 e. The molecule has 0 saturated heterocycles. The maximum Gasteiger partial charge on any atom is 0.224 e. The standard InChI is InChI=1S/C30H53N3O6/c1-19(2)22(14-21-10-11-26(38-8)27(15-21)39-13-9-12-37-7)16-24(31)25(34)17-23(20(3)4)28(35)33-18-30(5,6)29(32)36/h10-11,15,19-20,22-25,34H,9,12-14,16-18,31H2,1-8H3,(H2,32,36)(H,33,35)/t22-,23-,24-,25+/m1/s1/i1D3,2D3,3D3,4D3,5D3,6D3,7D2,8D3,9D2,10D,11D,12D2,13D2,14D2,15D,18D2,22D,23D,24D,25D,34D/hD5. The number of methoxy groups -OCH3 is 2. The minimum absolute atomic E-state index is 1.39. The lowest BCUT2D eigenvalue weighted by Crippen LogP contribution is -2.46. The van der Waals surface area contributed by atoms with Crippen molar-refractivity contribution in [2.24, 2.45) is 40.5 Å². The van der Waals surface area contributed by atoms with Crippen LogP contribution in [0.5, 0.6) is 11.5 Å². The maximum atomic E-state index is 14.8. The molecule has 0 saturated carbocycles. The van der Waals surface area contributed by atoms with E-state index in [0.29, 0.717) is 0 Å². The van der Waals surface area contributed by atoms with Crippen LogP contribution in [-0.2, 0) is 20.7 Å². The highest BCUT2D eigenvalue weighted by Gasteiger charge is 2.32. The Morgan fingerprint density at radius 1 is 1.26 bits per heavy atom. The number of rotatable bonds is 21. The lowest BCUT2D eigenvalue weighted by molar-refractivity contribution is -0.130. The van der Waals surface area contributed by atoms with Gasteiger partial charge in [-0.1, -0.05) is 33.4 Å². The number of nitrogens with two attached hydrogens (primary N) is 2. The van der Waals surface area contributed by atoms with E-state index < -0.39 is 205 Å². The summed E-state index contributed by atoms with van der Waals surface area (Å²) in [4.78, 5) is 28.2. The molecule has 1 aromatic carbocycles. The van der Waals surface area contributed by atoms with Gasteiger partial charge in [-0.3, -0.25) is 9.59 Å². The molecule has 1 aromatic rings. The summed E-state index contributed by atoms with van der Waals surface area (Å²) in [5.74, 6) is -28.4. The fourth-order valence-electron chi connectivity index (χ4n) is 2.20. The number of nitrogens with one attached hydrogen (secondary N) is 1. The molecule has 39 heavy (non-hydrogen) atoms. The number of carbonyl (C=O) groups is 2. The van der Waals surface area contributed by atoms with Crippen molar-refractivity contribution in [1.82, 2.24) is 5.31 Å². The summed E-state index contributed by atoms with van der Waals surface area (Å²) in [6.45, 7) is -41.9. The van der Waals surface area contributed by atoms with Crippen LogP contribution in [0.15, 0.2) is 18.1 Å². The Morgan fingerprint density at radius 2 is 2.10 bits per heavy atom. The van der Waals surface area contributed by atoms with Gasteiger partial charge in [0.15, 0.2) is 15.7 Å². The average molecular weight is 598 g/mol. The third kappa shape index (κ3) is 11.7. The molecule has 0 heterocycles. The monoisotopic (exact) mass is 598 g/mol. The van der Waals surface area contributed by atoms with Crippen LogP contribution in [0.1, 0.15) is 121 Å². The highest BCUT2D eigenvalue weighted by atomic mass is 16.5. The Morgan fingerprint density at radius 3 is 2.77 bits per heavy atom. The van der Waals surface area contributed by atoms with E-state index in [0.717, 1.165) is 0 Å². The van der Waals surface area contributed by atoms with Crippen LogP contribution in [0.25, 0.3) is 0 Å². The molecule has 0 fully saturated rings. The molecule has 6 N–H and O–H groups in total. The predicted molar refractivity (Wildman–Crippen MR) is 155 cm³/mol. The fraction of sp³-hybridized carbons (Fsp3) is 0.733. The number of ether oxygens (including phenoxy) is 3. The van der Waals surface area contributed by atoms with Crippen LogP contribution < -0.4 is 26.2 Å². The molecule has 224 valence electrons. The molecule has 0 bridgehead atoms. The summed E-state index contributed by atoms with van der Waals surface area (Å²) in [6.07, 6.45) is -20.4. The first-order valence-corrected chi connectivity index (χ1v) is 9.91. The van der Waals surface area contributed by atoms with Gasteiger partial charge >= 0.3 is 0 Å². The first-order valence-electron chi connectivity index (χ1n) is 32.7. The fourth-order valence-corrected chi connectivity index (χ4v) is 2.20. The van der Waals surface area contributed by atoms with E-state index in [4.69, 9.17) is 59.8 Å². The Labute approximate surface area is 300 Å². The van der Waals surface area contributed by atoms with Crippen molar-refractivity contribution in [2.75, 3.05) is 33.7 Å². The summed E-state index contributed by atoms with van der Waals surface area (Å²) in [5, 5.41) is 2.50. The molecule has 0 aliphatic heterocycles. The van der Waals surface area contributed by atoms with Crippen LogP contribution in [-0.4, -0.2) is 64.2 Å². The summed E-state index contributed by atoms with van der Waals surface area (Å²) >= 11 is 0. The van der Waals surface area contributed by atoms with Crippen molar-refractivity contribution < 1.29 is 90.8 Å². The topological polar surface area (TPSA) is 146 Å². The minimum Gasteiger partial charge on any atom is -0.493 e. The van der Waals surface area contributed by atoms with Crippen LogP contribution in [0, 0.1) is 29.0 Å². The van der Waals surface area contributed by atoms with Gasteiger partial charge in [-0.2, -0.15) is 0 Å². The average Bonchev–Trinajstić information content (AvgIpc) is 3.21. The number of amides is 2. The molecule has 1 rings (SSSR count). The second kappa shape index (κ2) is 16.7. The molecule has 0 radical (unpaired) electrons. The summed E-state index contributed by atoms with van der Waals surface area (Å²) in [7, 11) is -6.74. The molecular formula is C30H53N3O6. The number of hydrogen-bond donors (Lipinski definition) is 4. The molecular weight excluding hydrogens is 498 g/mol. The molecule has 0 unspecified atom stereocenters. The second-order valence-electron chi connectivity index (χ2n) is 6.91. The Balaban J connectivity index is 5.18. The van der Waals surface area contributed by atoms with E-state index in [1.807, 2.05) is 0 Å². The lowest BCUT2D eigenvalue weighted by atomic mass is 9.80. The maximum absolute atomic E-state index is 14.8. The normalized spacial score (nSPS) is 39.7. The zero-order chi connectivity index (χ0) is 68.8. The quantitative estimate of drug-likeness (QED) is 0.170. The number of carbonyl (C=O) groups excluding carboxylic acids is 2. The van der Waals surface area contributed by atoms with Gasteiger partial charge < -0.3 is 36.1 Å². The molecule has 2 amide bonds. The SMILES string of the molecule is [2H]O[C@@]([2H])(C[C@@]([2H])(C(=O)N([2H])C([2H])([2H])C(C(=O)N([2H])[2H])(C([2H])([2H])[2H])C([2H])([2H])[2H])C(C([2H])([2H])[2H])C([2H])([2H])[2H])[C@@]([2H])(C[C@]([2H])(C(C([2H])([2H])[2H])C([2H])([2H])[2H])C([2H])([2H])c1c([2H])c([2H])c(OC([2H])([2H])[2H])c(OC([2H])([2H])C([2H])([2H])C([2H])([2H])OC([2H])[2H])c1[2H])N([2H])[2H]. The summed E-state index contributed by atoms with van der Waals surface area (Å²) < 4.78 is 394. The van der Waals surface area contributed by atoms with Gasteiger partial charge in [0.1, 0.15) is 2.82 Å². The number of primary amides is 1. The van der Waals surface area contributed by atoms with Crippen molar-refractivity contribution in [3.63, 3.8) is 0 Å². The molecule has 0 spiro atoms. The van der Waals surface area contributed by atoms with Gasteiger partial charge in [0.05, 0.1) is 45.7 Å². The number of aliphatic hydroxyl groups is 1. The highest BCUT2D eigenvalue weighted by Crippen LogP contribution is 2.32. The molecule has 0 aliphatic rings. The molecule has 0 aromatic heterocycles. The summed E-state index contributed by atoms with van der Waals surface area (Å²) in [6, 6.07) is -11.2. The van der Waals surface area contributed by atoms with Gasteiger partial charge in [-0.25, -0.2) is 0 Å². The zero-order valence-electron chi connectivity index (χ0n) is 65.4. The lowest BCUT2D eigenvalue weighted by Gasteiger charge is -2.30. The Bertz CT molecular complexity index is 2510. The molecule has 4 atom stereocenters. The van der Waals surface area contributed by atoms with Crippen molar-refractivity contribution in [2.45, 2.75) is 78.8 Å². The first-order chi connectivity index (χ1) is 36.8. The van der Waals surface area contributed by atoms with E-state index >= 15 is 0 Å². The smallest absolute Gasteiger partial charge is 0.224 e. The number of benzene rings is 1.